The molecule has 2 heteroatoms. The second-order valence-electron chi connectivity index (χ2n) is 6.89. The summed E-state index contributed by atoms with van der Waals surface area (Å²) >= 11 is 0. The van der Waals surface area contributed by atoms with E-state index in [0.29, 0.717) is 5.78 Å². The van der Waals surface area contributed by atoms with E-state index in [0.717, 1.165) is 43.4 Å². The Balaban J connectivity index is 1.79. The fourth-order valence-corrected chi connectivity index (χ4v) is 4.03. The van der Waals surface area contributed by atoms with Crippen molar-refractivity contribution in [2.24, 2.45) is 5.92 Å². The van der Waals surface area contributed by atoms with Crippen molar-refractivity contribution in [3.8, 4) is 0 Å². The van der Waals surface area contributed by atoms with Gasteiger partial charge in [-0.3, -0.25) is 4.79 Å². The van der Waals surface area contributed by atoms with E-state index in [2.05, 4.69) is 19.9 Å². The lowest BCUT2D eigenvalue weighted by atomic mass is 9.74. The highest BCUT2D eigenvalue weighted by molar-refractivity contribution is 5.99. The van der Waals surface area contributed by atoms with Gasteiger partial charge in [0, 0.05) is 18.1 Å². The van der Waals surface area contributed by atoms with E-state index in [4.69, 9.17) is 4.74 Å². The summed E-state index contributed by atoms with van der Waals surface area (Å²) in [6.07, 6.45) is 7.93. The number of ketones is 1. The van der Waals surface area contributed by atoms with Gasteiger partial charge in [0.25, 0.3) is 0 Å². The summed E-state index contributed by atoms with van der Waals surface area (Å²) < 4.78 is 6.12. The van der Waals surface area contributed by atoms with Gasteiger partial charge in [0.1, 0.15) is 0 Å². The maximum atomic E-state index is 12.9. The van der Waals surface area contributed by atoms with Crippen molar-refractivity contribution in [1.82, 2.24) is 0 Å². The van der Waals surface area contributed by atoms with Crippen LogP contribution < -0.4 is 0 Å². The van der Waals surface area contributed by atoms with Gasteiger partial charge >= 0.3 is 0 Å². The highest BCUT2D eigenvalue weighted by atomic mass is 16.5. The van der Waals surface area contributed by atoms with Crippen molar-refractivity contribution in [2.45, 2.75) is 64.4 Å². The maximum absolute atomic E-state index is 12.9. The summed E-state index contributed by atoms with van der Waals surface area (Å²) in [5.74, 6) is 0.488. The standard InChI is InChI=1S/C19H26O2/c1-14-7-6-8-17(15(14)2)18(20)16-9-12-21-19(13-16)10-4-3-5-11-19/h6-8,16H,3-5,9-13H2,1-2H3. The molecule has 2 nitrogen and oxygen atoms in total. The summed E-state index contributed by atoms with van der Waals surface area (Å²) in [7, 11) is 0. The lowest BCUT2D eigenvalue weighted by Gasteiger charge is -2.43. The number of rotatable bonds is 2. The molecule has 1 saturated heterocycles. The first kappa shape index (κ1) is 14.8. The molecular weight excluding hydrogens is 260 g/mol. The van der Waals surface area contributed by atoms with Crippen LogP contribution in [-0.4, -0.2) is 18.0 Å². The van der Waals surface area contributed by atoms with Crippen LogP contribution in [0.15, 0.2) is 18.2 Å². The molecule has 1 aliphatic heterocycles. The van der Waals surface area contributed by atoms with E-state index >= 15 is 0 Å². The van der Waals surface area contributed by atoms with Crippen molar-refractivity contribution in [3.63, 3.8) is 0 Å². The van der Waals surface area contributed by atoms with Crippen molar-refractivity contribution in [2.75, 3.05) is 6.61 Å². The van der Waals surface area contributed by atoms with Crippen molar-refractivity contribution >= 4 is 5.78 Å². The van der Waals surface area contributed by atoms with Crippen LogP contribution in [-0.2, 0) is 4.74 Å². The van der Waals surface area contributed by atoms with Gasteiger partial charge in [-0.2, -0.15) is 0 Å². The summed E-state index contributed by atoms with van der Waals surface area (Å²) in [5, 5.41) is 0. The average molecular weight is 286 g/mol. The van der Waals surface area contributed by atoms with E-state index in [1.807, 2.05) is 12.1 Å². The summed E-state index contributed by atoms with van der Waals surface area (Å²) in [5.41, 5.74) is 3.29. The van der Waals surface area contributed by atoms with E-state index in [-0.39, 0.29) is 11.5 Å². The first-order valence-corrected chi connectivity index (χ1v) is 8.36. The van der Waals surface area contributed by atoms with Gasteiger partial charge in [0.2, 0.25) is 0 Å². The predicted molar refractivity (Wildman–Crippen MR) is 84.7 cm³/mol. The molecule has 0 N–H and O–H groups in total. The molecule has 1 aromatic rings. The van der Waals surface area contributed by atoms with Gasteiger partial charge in [-0.25, -0.2) is 0 Å². The van der Waals surface area contributed by atoms with E-state index in [1.165, 1.54) is 24.8 Å². The zero-order chi connectivity index (χ0) is 14.9. The molecule has 2 fully saturated rings. The predicted octanol–water partition coefficient (Wildman–Crippen LogP) is 4.62. The molecule has 1 aromatic carbocycles. The van der Waals surface area contributed by atoms with Crippen LogP contribution in [0.3, 0.4) is 0 Å². The van der Waals surface area contributed by atoms with Crippen molar-refractivity contribution in [1.29, 1.82) is 0 Å². The van der Waals surface area contributed by atoms with Crippen LogP contribution in [0.1, 0.15) is 66.4 Å². The van der Waals surface area contributed by atoms with Crippen molar-refractivity contribution < 1.29 is 9.53 Å². The molecule has 21 heavy (non-hydrogen) atoms. The smallest absolute Gasteiger partial charge is 0.166 e. The minimum Gasteiger partial charge on any atom is -0.375 e. The molecule has 0 amide bonds. The molecule has 1 saturated carbocycles. The summed E-state index contributed by atoms with van der Waals surface area (Å²) in [6, 6.07) is 6.08. The summed E-state index contributed by atoms with van der Waals surface area (Å²) in [4.78, 5) is 12.9. The Kier molecular flexibility index (Phi) is 4.17. The molecule has 1 heterocycles. The molecule has 0 radical (unpaired) electrons. The number of hydrogen-bond donors (Lipinski definition) is 0. The Labute approximate surface area is 127 Å². The van der Waals surface area contributed by atoms with Gasteiger partial charge in [0.05, 0.1) is 5.60 Å². The molecule has 1 atom stereocenters. The Hall–Kier alpha value is -1.15. The molecule has 0 bridgehead atoms. The second kappa shape index (κ2) is 5.92. The average Bonchev–Trinajstić information content (AvgIpc) is 2.50. The monoisotopic (exact) mass is 286 g/mol. The highest BCUT2D eigenvalue weighted by Crippen LogP contribution is 2.41. The summed E-state index contributed by atoms with van der Waals surface area (Å²) in [6.45, 7) is 4.90. The Morgan fingerprint density at radius 2 is 1.95 bits per heavy atom. The van der Waals surface area contributed by atoms with E-state index in [9.17, 15) is 4.79 Å². The van der Waals surface area contributed by atoms with Gasteiger partial charge in [-0.05, 0) is 50.7 Å². The van der Waals surface area contributed by atoms with E-state index in [1.54, 1.807) is 0 Å². The maximum Gasteiger partial charge on any atom is 0.166 e. The molecule has 0 aromatic heterocycles. The molecule has 2 aliphatic rings. The minimum absolute atomic E-state index is 0.00849. The van der Waals surface area contributed by atoms with Crippen LogP contribution in [0.2, 0.25) is 0 Å². The first-order valence-electron chi connectivity index (χ1n) is 8.36. The number of hydrogen-bond acceptors (Lipinski definition) is 2. The quantitative estimate of drug-likeness (QED) is 0.742. The third-order valence-corrected chi connectivity index (χ3v) is 5.50. The van der Waals surface area contributed by atoms with Crippen LogP contribution in [0.5, 0.6) is 0 Å². The largest absolute Gasteiger partial charge is 0.375 e. The number of carbonyl (C=O) groups is 1. The lowest BCUT2D eigenvalue weighted by molar-refractivity contribution is -0.111. The van der Waals surface area contributed by atoms with Gasteiger partial charge in [-0.1, -0.05) is 37.5 Å². The molecule has 3 rings (SSSR count). The van der Waals surface area contributed by atoms with Gasteiger partial charge in [-0.15, -0.1) is 0 Å². The number of ether oxygens (including phenoxy) is 1. The molecule has 1 unspecified atom stereocenters. The second-order valence-corrected chi connectivity index (χ2v) is 6.89. The topological polar surface area (TPSA) is 26.3 Å². The number of carbonyl (C=O) groups excluding carboxylic acids is 1. The Bertz CT molecular complexity index is 521. The molecular formula is C19H26O2. The molecule has 1 aliphatic carbocycles. The van der Waals surface area contributed by atoms with Crippen LogP contribution in [0.25, 0.3) is 0 Å². The van der Waals surface area contributed by atoms with Crippen LogP contribution >= 0.6 is 0 Å². The third-order valence-electron chi connectivity index (χ3n) is 5.50. The molecule has 114 valence electrons. The first-order chi connectivity index (χ1) is 10.1. The lowest BCUT2D eigenvalue weighted by Crippen LogP contribution is -2.43. The third kappa shape index (κ3) is 2.91. The van der Waals surface area contributed by atoms with Gasteiger partial charge in [0.15, 0.2) is 5.78 Å². The fourth-order valence-electron chi connectivity index (χ4n) is 4.03. The Morgan fingerprint density at radius 3 is 2.71 bits per heavy atom. The van der Waals surface area contributed by atoms with E-state index < -0.39 is 0 Å². The van der Waals surface area contributed by atoms with Crippen molar-refractivity contribution in [3.05, 3.63) is 34.9 Å². The number of benzene rings is 1. The number of aryl methyl sites for hydroxylation is 1. The normalized spacial score (nSPS) is 25.0. The fraction of sp³-hybridized carbons (Fsp3) is 0.632. The van der Waals surface area contributed by atoms with Crippen LogP contribution in [0, 0.1) is 19.8 Å². The zero-order valence-corrected chi connectivity index (χ0v) is 13.3. The van der Waals surface area contributed by atoms with Crippen LogP contribution in [0.4, 0.5) is 0 Å². The van der Waals surface area contributed by atoms with Gasteiger partial charge < -0.3 is 4.74 Å². The molecule has 1 spiro atoms. The SMILES string of the molecule is Cc1cccc(C(=O)C2CCOC3(CCCCC3)C2)c1C. The highest BCUT2D eigenvalue weighted by Gasteiger charge is 2.40. The Morgan fingerprint density at radius 1 is 1.19 bits per heavy atom. The zero-order valence-electron chi connectivity index (χ0n) is 13.3. The number of Topliss-reactive ketones (excluding diaryl/α,β-unsaturated/α-hetero) is 1. The minimum atomic E-state index is 0.00849.